The third kappa shape index (κ3) is 4.01. The van der Waals surface area contributed by atoms with Gasteiger partial charge in [0.05, 0.1) is 12.8 Å². The first-order valence-electron chi connectivity index (χ1n) is 7.12. The maximum atomic E-state index is 9.87. The summed E-state index contributed by atoms with van der Waals surface area (Å²) in [4.78, 5) is 4.14. The number of nitrogens with zero attached hydrogens (tertiary/aromatic N) is 1. The van der Waals surface area contributed by atoms with E-state index in [9.17, 15) is 5.11 Å². The van der Waals surface area contributed by atoms with Crippen LogP contribution in [0.25, 0.3) is 0 Å². The Balaban J connectivity index is 0.00000176. The Morgan fingerprint density at radius 1 is 1.32 bits per heavy atom. The number of halogens is 1. The van der Waals surface area contributed by atoms with Gasteiger partial charge >= 0.3 is 0 Å². The molecule has 0 saturated carbocycles. The first-order chi connectivity index (χ1) is 10.2. The molecule has 0 aliphatic heterocycles. The molecule has 0 fully saturated rings. The van der Waals surface area contributed by atoms with Gasteiger partial charge in [0.2, 0.25) is 0 Å². The number of anilines is 1. The van der Waals surface area contributed by atoms with Gasteiger partial charge in [-0.3, -0.25) is 0 Å². The highest BCUT2D eigenvalue weighted by Crippen LogP contribution is 2.24. The van der Waals surface area contributed by atoms with Gasteiger partial charge in [0, 0.05) is 5.69 Å². The first-order valence-corrected chi connectivity index (χ1v) is 7.12. The molecule has 1 unspecified atom stereocenters. The monoisotopic (exact) mass is 413 g/mol. The van der Waals surface area contributed by atoms with Gasteiger partial charge in [-0.1, -0.05) is 6.07 Å². The Morgan fingerprint density at radius 3 is 2.91 bits per heavy atom. The van der Waals surface area contributed by atoms with E-state index in [1.54, 1.807) is 12.1 Å². The summed E-state index contributed by atoms with van der Waals surface area (Å²) < 4.78 is 5.12. The number of aliphatic hydroxyl groups excluding tert-OH is 1. The largest absolute Gasteiger partial charge is 0.467 e. The number of fused-ring (bicyclic) bond motifs is 1. The molecule has 3 rings (SSSR count). The minimum absolute atomic E-state index is 0. The summed E-state index contributed by atoms with van der Waals surface area (Å²) in [6, 6.07) is 9.71. The number of nitrogens with one attached hydrogen (secondary N) is 1. The number of aliphatic imine (C=N–C) groups is 1. The Morgan fingerprint density at radius 2 is 2.14 bits per heavy atom. The normalized spacial score (nSPS) is 15.0. The molecule has 6 heteroatoms. The molecule has 0 spiro atoms. The maximum absolute atomic E-state index is 9.87. The van der Waals surface area contributed by atoms with Crippen LogP contribution in [0.1, 0.15) is 29.4 Å². The van der Waals surface area contributed by atoms with Crippen LogP contribution in [0.3, 0.4) is 0 Å². The topological polar surface area (TPSA) is 83.8 Å². The van der Waals surface area contributed by atoms with E-state index in [1.807, 2.05) is 6.07 Å². The molecule has 0 radical (unpaired) electrons. The van der Waals surface area contributed by atoms with Crippen molar-refractivity contribution in [2.75, 3.05) is 11.9 Å². The molecule has 2 aromatic rings. The molecular weight excluding hydrogens is 393 g/mol. The molecule has 1 heterocycles. The van der Waals surface area contributed by atoms with E-state index in [0.717, 1.165) is 18.5 Å². The van der Waals surface area contributed by atoms with Crippen molar-refractivity contribution in [1.82, 2.24) is 0 Å². The second-order valence-electron chi connectivity index (χ2n) is 5.22. The van der Waals surface area contributed by atoms with Gasteiger partial charge < -0.3 is 20.6 Å². The van der Waals surface area contributed by atoms with Crippen molar-refractivity contribution in [1.29, 1.82) is 0 Å². The van der Waals surface area contributed by atoms with Crippen molar-refractivity contribution in [3.63, 3.8) is 0 Å². The number of hydrogen-bond donors (Lipinski definition) is 3. The molecule has 1 aliphatic rings. The highest BCUT2D eigenvalue weighted by molar-refractivity contribution is 14.0. The summed E-state index contributed by atoms with van der Waals surface area (Å²) >= 11 is 0. The van der Waals surface area contributed by atoms with Gasteiger partial charge in [-0.2, -0.15) is 0 Å². The van der Waals surface area contributed by atoms with E-state index in [4.69, 9.17) is 10.2 Å². The molecule has 1 aromatic carbocycles. The molecule has 0 amide bonds. The van der Waals surface area contributed by atoms with Gasteiger partial charge in [-0.25, -0.2) is 4.99 Å². The second-order valence-corrected chi connectivity index (χ2v) is 5.22. The average molecular weight is 413 g/mol. The van der Waals surface area contributed by atoms with Crippen LogP contribution in [-0.2, 0) is 12.8 Å². The lowest BCUT2D eigenvalue weighted by Gasteiger charge is -2.09. The van der Waals surface area contributed by atoms with Crippen LogP contribution < -0.4 is 11.1 Å². The number of aliphatic hydroxyl groups is 1. The number of guanidine groups is 1. The summed E-state index contributed by atoms with van der Waals surface area (Å²) in [5, 5.41) is 12.9. The lowest BCUT2D eigenvalue weighted by Crippen LogP contribution is -2.23. The van der Waals surface area contributed by atoms with Gasteiger partial charge in [0.25, 0.3) is 0 Å². The molecule has 4 N–H and O–H groups in total. The number of furan rings is 1. The number of aryl methyl sites for hydroxylation is 2. The van der Waals surface area contributed by atoms with E-state index in [1.165, 1.54) is 23.8 Å². The third-order valence-electron chi connectivity index (χ3n) is 3.68. The zero-order valence-corrected chi connectivity index (χ0v) is 14.5. The van der Waals surface area contributed by atoms with E-state index in [2.05, 4.69) is 22.4 Å². The Labute approximate surface area is 146 Å². The first kappa shape index (κ1) is 16.8. The van der Waals surface area contributed by atoms with Gasteiger partial charge in [-0.05, 0) is 54.7 Å². The standard InChI is InChI=1S/C16H19N3O2.HI/c17-16(18-10-14(20)15-5-2-8-21-15)19-13-7-6-11-3-1-4-12(11)9-13;/h2,5-9,14,20H,1,3-4,10H2,(H3,17,18,19);1H. The Kier molecular flexibility index (Phi) is 5.84. The minimum atomic E-state index is -0.777. The van der Waals surface area contributed by atoms with E-state index in [-0.39, 0.29) is 30.5 Å². The van der Waals surface area contributed by atoms with Gasteiger partial charge in [-0.15, -0.1) is 24.0 Å². The van der Waals surface area contributed by atoms with Crippen LogP contribution in [0.4, 0.5) is 5.69 Å². The van der Waals surface area contributed by atoms with Crippen molar-refractivity contribution in [3.05, 3.63) is 53.5 Å². The number of benzene rings is 1. The van der Waals surface area contributed by atoms with Crippen LogP contribution in [-0.4, -0.2) is 17.6 Å². The van der Waals surface area contributed by atoms with Gasteiger partial charge in [0.1, 0.15) is 11.9 Å². The maximum Gasteiger partial charge on any atom is 0.193 e. The third-order valence-corrected chi connectivity index (χ3v) is 3.68. The lowest BCUT2D eigenvalue weighted by molar-refractivity contribution is 0.158. The Bertz CT molecular complexity index is 641. The fraction of sp³-hybridized carbons (Fsp3) is 0.312. The molecule has 1 aliphatic carbocycles. The van der Waals surface area contributed by atoms with Crippen molar-refractivity contribution in [2.24, 2.45) is 10.7 Å². The fourth-order valence-electron chi connectivity index (χ4n) is 2.59. The molecule has 1 atom stereocenters. The highest BCUT2D eigenvalue weighted by Gasteiger charge is 2.12. The van der Waals surface area contributed by atoms with Crippen molar-refractivity contribution in [2.45, 2.75) is 25.4 Å². The molecule has 0 saturated heterocycles. The predicted octanol–water partition coefficient (Wildman–Crippen LogP) is 2.85. The molecule has 118 valence electrons. The summed E-state index contributed by atoms with van der Waals surface area (Å²) in [6.45, 7) is 0.164. The summed E-state index contributed by atoms with van der Waals surface area (Å²) in [6.07, 6.45) is 4.25. The van der Waals surface area contributed by atoms with Crippen molar-refractivity contribution >= 4 is 35.6 Å². The average Bonchev–Trinajstić information content (AvgIpc) is 3.15. The quantitative estimate of drug-likeness (QED) is 0.409. The molecule has 22 heavy (non-hydrogen) atoms. The number of rotatable bonds is 4. The fourth-order valence-corrected chi connectivity index (χ4v) is 2.59. The van der Waals surface area contributed by atoms with Crippen molar-refractivity contribution in [3.8, 4) is 0 Å². The van der Waals surface area contributed by atoms with Crippen LogP contribution in [0.5, 0.6) is 0 Å². The summed E-state index contributed by atoms with van der Waals surface area (Å²) in [7, 11) is 0. The zero-order chi connectivity index (χ0) is 14.7. The van der Waals surface area contributed by atoms with Crippen LogP contribution in [0.15, 0.2) is 46.0 Å². The Hall–Kier alpha value is -1.54. The zero-order valence-electron chi connectivity index (χ0n) is 12.2. The molecule has 5 nitrogen and oxygen atoms in total. The minimum Gasteiger partial charge on any atom is -0.467 e. The van der Waals surface area contributed by atoms with E-state index >= 15 is 0 Å². The summed E-state index contributed by atoms with van der Waals surface area (Å²) in [5.41, 5.74) is 9.58. The van der Waals surface area contributed by atoms with Gasteiger partial charge in [0.15, 0.2) is 5.96 Å². The smallest absolute Gasteiger partial charge is 0.193 e. The van der Waals surface area contributed by atoms with Crippen LogP contribution in [0, 0.1) is 0 Å². The SMILES string of the molecule is I.NC(=NCC(O)c1ccco1)Nc1ccc2c(c1)CCC2. The van der Waals surface area contributed by atoms with E-state index in [0.29, 0.717) is 11.7 Å². The molecule has 0 bridgehead atoms. The van der Waals surface area contributed by atoms with E-state index < -0.39 is 6.10 Å². The number of hydrogen-bond acceptors (Lipinski definition) is 3. The summed E-state index contributed by atoms with van der Waals surface area (Å²) in [5.74, 6) is 0.780. The molecular formula is C16H20IN3O2. The number of nitrogens with two attached hydrogens (primary N) is 1. The molecule has 1 aromatic heterocycles. The lowest BCUT2D eigenvalue weighted by atomic mass is 10.1. The van der Waals surface area contributed by atoms with Crippen LogP contribution in [0.2, 0.25) is 0 Å². The predicted molar refractivity (Wildman–Crippen MR) is 97.7 cm³/mol. The van der Waals surface area contributed by atoms with Crippen molar-refractivity contribution < 1.29 is 9.52 Å². The van der Waals surface area contributed by atoms with Crippen LogP contribution >= 0.6 is 24.0 Å². The highest BCUT2D eigenvalue weighted by atomic mass is 127. The second kappa shape index (κ2) is 7.64.